The molecule has 66 valence electrons. The van der Waals surface area contributed by atoms with Gasteiger partial charge in [-0.1, -0.05) is 0 Å². The van der Waals surface area contributed by atoms with E-state index in [2.05, 4.69) is 5.10 Å². The van der Waals surface area contributed by atoms with Gasteiger partial charge < -0.3 is 5.11 Å². The summed E-state index contributed by atoms with van der Waals surface area (Å²) < 4.78 is 26.3. The summed E-state index contributed by atoms with van der Waals surface area (Å²) in [5, 5.41) is 11.6. The van der Waals surface area contributed by atoms with Crippen LogP contribution in [0.5, 0.6) is 0 Å². The van der Waals surface area contributed by atoms with Crippen LogP contribution in [0.1, 0.15) is 5.69 Å². The molecule has 1 N–H and O–H groups in total. The first-order chi connectivity index (χ1) is 5.46. The van der Waals surface area contributed by atoms with Crippen LogP contribution in [0.15, 0.2) is 12.3 Å². The minimum atomic E-state index is -3.87. The highest BCUT2D eigenvalue weighted by Crippen LogP contribution is 2.26. The Morgan fingerprint density at radius 1 is 1.75 bits per heavy atom. The van der Waals surface area contributed by atoms with Gasteiger partial charge in [0.05, 0.1) is 0 Å². The summed E-state index contributed by atoms with van der Waals surface area (Å²) >= 11 is 0. The van der Waals surface area contributed by atoms with E-state index < -0.39 is 17.6 Å². The van der Waals surface area contributed by atoms with E-state index >= 15 is 0 Å². The second kappa shape index (κ2) is 2.54. The molecule has 1 heterocycles. The molecule has 0 aliphatic heterocycles. The van der Waals surface area contributed by atoms with E-state index in [1.165, 1.54) is 7.05 Å². The molecule has 0 aliphatic carbocycles. The number of carboxylic acid groups (broad SMARTS) is 1. The Kier molecular flexibility index (Phi) is 1.83. The number of hydrogen-bond acceptors (Lipinski definition) is 2. The molecule has 0 bridgehead atoms. The highest BCUT2D eigenvalue weighted by Gasteiger charge is 2.43. The van der Waals surface area contributed by atoms with Crippen molar-refractivity contribution < 1.29 is 18.7 Å². The Morgan fingerprint density at radius 3 is 2.67 bits per heavy atom. The Morgan fingerprint density at radius 2 is 2.33 bits per heavy atom. The minimum absolute atomic E-state index is 0.630. The normalized spacial score (nSPS) is 11.6. The Labute approximate surface area is 66.4 Å². The fraction of sp³-hybridized carbons (Fsp3) is 0.333. The first-order valence-corrected chi connectivity index (χ1v) is 3.06. The van der Waals surface area contributed by atoms with Crippen LogP contribution >= 0.6 is 0 Å². The number of hydrogen-bond donors (Lipinski definition) is 1. The number of rotatable bonds is 2. The van der Waals surface area contributed by atoms with E-state index in [1.807, 2.05) is 0 Å². The summed E-state index contributed by atoms with van der Waals surface area (Å²) in [6.07, 6.45) is 1.12. The Hall–Kier alpha value is -1.46. The lowest BCUT2D eigenvalue weighted by Gasteiger charge is -2.10. The summed E-state index contributed by atoms with van der Waals surface area (Å²) in [5.41, 5.74) is -0.630. The molecular weight excluding hydrogens is 170 g/mol. The summed E-state index contributed by atoms with van der Waals surface area (Å²) in [5.74, 6) is -6.04. The quantitative estimate of drug-likeness (QED) is 0.717. The first-order valence-electron chi connectivity index (χ1n) is 3.06. The second-order valence-electron chi connectivity index (χ2n) is 2.22. The van der Waals surface area contributed by atoms with Gasteiger partial charge in [-0.25, -0.2) is 4.79 Å². The molecule has 0 spiro atoms. The highest BCUT2D eigenvalue weighted by atomic mass is 19.3. The zero-order valence-electron chi connectivity index (χ0n) is 6.16. The van der Waals surface area contributed by atoms with Crippen molar-refractivity contribution in [3.8, 4) is 0 Å². The van der Waals surface area contributed by atoms with Gasteiger partial charge in [-0.05, 0) is 6.07 Å². The first kappa shape index (κ1) is 8.63. The van der Waals surface area contributed by atoms with E-state index in [4.69, 9.17) is 5.11 Å². The number of aliphatic carboxylic acids is 1. The molecule has 0 atom stereocenters. The second-order valence-corrected chi connectivity index (χ2v) is 2.22. The molecule has 4 nitrogen and oxygen atoms in total. The number of aryl methyl sites for hydroxylation is 1. The molecule has 12 heavy (non-hydrogen) atoms. The minimum Gasteiger partial charge on any atom is -0.476 e. The van der Waals surface area contributed by atoms with Gasteiger partial charge in [-0.15, -0.1) is 0 Å². The third-order valence-electron chi connectivity index (χ3n) is 1.41. The summed E-state index contributed by atoms with van der Waals surface area (Å²) in [4.78, 5) is 10.1. The third-order valence-corrected chi connectivity index (χ3v) is 1.41. The lowest BCUT2D eigenvalue weighted by Crippen LogP contribution is -2.27. The van der Waals surface area contributed by atoms with Crippen LogP contribution in [0, 0.1) is 0 Å². The maximum absolute atomic E-state index is 12.7. The third kappa shape index (κ3) is 1.15. The maximum Gasteiger partial charge on any atom is 0.383 e. The van der Waals surface area contributed by atoms with E-state index in [9.17, 15) is 13.6 Å². The van der Waals surface area contributed by atoms with Crippen LogP contribution in [0.2, 0.25) is 0 Å². The fourth-order valence-electron chi connectivity index (χ4n) is 0.791. The van der Waals surface area contributed by atoms with Crippen LogP contribution in [0.25, 0.3) is 0 Å². The largest absolute Gasteiger partial charge is 0.476 e. The van der Waals surface area contributed by atoms with Gasteiger partial charge in [0.2, 0.25) is 0 Å². The molecular formula is C6H6F2N2O2. The van der Waals surface area contributed by atoms with Gasteiger partial charge in [0.15, 0.2) is 0 Å². The van der Waals surface area contributed by atoms with Crippen molar-refractivity contribution in [3.05, 3.63) is 18.0 Å². The number of nitrogens with zero attached hydrogens (tertiary/aromatic N) is 2. The van der Waals surface area contributed by atoms with Gasteiger partial charge in [0.1, 0.15) is 5.69 Å². The summed E-state index contributed by atoms with van der Waals surface area (Å²) in [7, 11) is 1.26. The van der Waals surface area contributed by atoms with Crippen molar-refractivity contribution in [1.82, 2.24) is 9.78 Å². The molecule has 0 aromatic carbocycles. The van der Waals surface area contributed by atoms with Crippen LogP contribution in [-0.2, 0) is 17.8 Å². The predicted octanol–water partition coefficient (Wildman–Crippen LogP) is 0.597. The number of carboxylic acids is 1. The zero-order chi connectivity index (χ0) is 9.35. The van der Waals surface area contributed by atoms with Gasteiger partial charge in [-0.2, -0.15) is 13.9 Å². The van der Waals surface area contributed by atoms with Crippen molar-refractivity contribution in [2.24, 2.45) is 7.05 Å². The predicted molar refractivity (Wildman–Crippen MR) is 34.7 cm³/mol. The van der Waals surface area contributed by atoms with Gasteiger partial charge in [0.25, 0.3) is 0 Å². The monoisotopic (exact) mass is 176 g/mol. The zero-order valence-corrected chi connectivity index (χ0v) is 6.16. The molecule has 0 radical (unpaired) electrons. The molecule has 0 unspecified atom stereocenters. The standard InChI is InChI=1S/C6H6F2N2O2/c1-10-4(2-3-9-10)6(7,8)5(11)12/h2-3H,1H3,(H,11,12). The summed E-state index contributed by atoms with van der Waals surface area (Å²) in [6, 6.07) is 0.966. The van der Waals surface area contributed by atoms with Gasteiger partial charge in [-0.3, -0.25) is 4.68 Å². The van der Waals surface area contributed by atoms with E-state index in [0.29, 0.717) is 0 Å². The van der Waals surface area contributed by atoms with Gasteiger partial charge >= 0.3 is 11.9 Å². The molecule has 1 aromatic rings. The summed E-state index contributed by atoms with van der Waals surface area (Å²) in [6.45, 7) is 0. The van der Waals surface area contributed by atoms with E-state index in [0.717, 1.165) is 16.9 Å². The molecule has 0 saturated carbocycles. The maximum atomic E-state index is 12.7. The van der Waals surface area contributed by atoms with Crippen molar-refractivity contribution in [3.63, 3.8) is 0 Å². The SMILES string of the molecule is Cn1nccc1C(F)(F)C(=O)O. The highest BCUT2D eigenvalue weighted by molar-refractivity contribution is 5.76. The average Bonchev–Trinajstić information content (AvgIpc) is 2.35. The molecule has 0 amide bonds. The lowest BCUT2D eigenvalue weighted by atomic mass is 10.2. The molecule has 1 rings (SSSR count). The van der Waals surface area contributed by atoms with E-state index in [-0.39, 0.29) is 0 Å². The van der Waals surface area contributed by atoms with Crippen LogP contribution in [0.4, 0.5) is 8.78 Å². The molecule has 6 heteroatoms. The Balaban J connectivity index is 3.13. The van der Waals surface area contributed by atoms with Crippen molar-refractivity contribution >= 4 is 5.97 Å². The van der Waals surface area contributed by atoms with Crippen LogP contribution in [-0.4, -0.2) is 20.9 Å². The van der Waals surface area contributed by atoms with Crippen LogP contribution < -0.4 is 0 Å². The number of carbonyl (C=O) groups is 1. The van der Waals surface area contributed by atoms with E-state index in [1.54, 1.807) is 0 Å². The molecule has 0 aliphatic rings. The van der Waals surface area contributed by atoms with Crippen LogP contribution in [0.3, 0.4) is 0 Å². The van der Waals surface area contributed by atoms with Crippen molar-refractivity contribution in [2.75, 3.05) is 0 Å². The molecule has 1 aromatic heterocycles. The van der Waals surface area contributed by atoms with Crippen molar-refractivity contribution in [2.45, 2.75) is 5.92 Å². The van der Waals surface area contributed by atoms with Crippen molar-refractivity contribution in [1.29, 1.82) is 0 Å². The van der Waals surface area contributed by atoms with Gasteiger partial charge in [0, 0.05) is 13.2 Å². The molecule has 0 fully saturated rings. The topological polar surface area (TPSA) is 55.1 Å². The smallest absolute Gasteiger partial charge is 0.383 e. The lowest BCUT2D eigenvalue weighted by molar-refractivity contribution is -0.167. The fourth-order valence-corrected chi connectivity index (χ4v) is 0.791. The average molecular weight is 176 g/mol. The molecule has 0 saturated heterocycles. The number of aromatic nitrogens is 2. The Bertz CT molecular complexity index is 308. The number of halogens is 2. The number of alkyl halides is 2.